The molecule has 0 radical (unpaired) electrons. The van der Waals surface area contributed by atoms with Crippen molar-refractivity contribution in [3.63, 3.8) is 0 Å². The fourth-order valence-electron chi connectivity index (χ4n) is 1.99. The predicted molar refractivity (Wildman–Crippen MR) is 70.2 cm³/mol. The molecule has 0 saturated heterocycles. The van der Waals surface area contributed by atoms with Crippen LogP contribution in [-0.2, 0) is 25.5 Å². The number of carbonyl (C=O) groups excluding carboxylic acids is 2. The van der Waals surface area contributed by atoms with Crippen LogP contribution in [0.1, 0.15) is 5.56 Å². The van der Waals surface area contributed by atoms with Crippen LogP contribution in [-0.4, -0.2) is 32.7 Å². The van der Waals surface area contributed by atoms with Gasteiger partial charge in [0, 0.05) is 6.54 Å². The SMILES string of the molecule is COC(=O)C(CN)C(Cc1ccccc1)C(=O)OC. The van der Waals surface area contributed by atoms with Crippen LogP contribution >= 0.6 is 0 Å². The summed E-state index contributed by atoms with van der Waals surface area (Å²) >= 11 is 0. The lowest BCUT2D eigenvalue weighted by molar-refractivity contribution is -0.157. The molecule has 5 heteroatoms. The zero-order valence-corrected chi connectivity index (χ0v) is 11.2. The van der Waals surface area contributed by atoms with Gasteiger partial charge in [0.05, 0.1) is 26.1 Å². The van der Waals surface area contributed by atoms with Crippen LogP contribution in [0, 0.1) is 11.8 Å². The number of carbonyl (C=O) groups is 2. The van der Waals surface area contributed by atoms with Gasteiger partial charge in [-0.15, -0.1) is 0 Å². The van der Waals surface area contributed by atoms with Gasteiger partial charge in [-0.3, -0.25) is 9.59 Å². The van der Waals surface area contributed by atoms with E-state index in [1.165, 1.54) is 14.2 Å². The van der Waals surface area contributed by atoms with Crippen molar-refractivity contribution in [1.82, 2.24) is 0 Å². The molecule has 0 amide bonds. The quantitative estimate of drug-likeness (QED) is 0.768. The summed E-state index contributed by atoms with van der Waals surface area (Å²) in [6.45, 7) is 0.0409. The first-order valence-corrected chi connectivity index (χ1v) is 6.03. The lowest BCUT2D eigenvalue weighted by Crippen LogP contribution is -2.38. The summed E-state index contributed by atoms with van der Waals surface area (Å²) in [5.74, 6) is -2.28. The first-order chi connectivity index (χ1) is 9.13. The summed E-state index contributed by atoms with van der Waals surface area (Å²) in [7, 11) is 2.58. The van der Waals surface area contributed by atoms with Gasteiger partial charge in [0.15, 0.2) is 0 Å². The van der Waals surface area contributed by atoms with E-state index < -0.39 is 23.8 Å². The number of rotatable bonds is 6. The molecule has 0 saturated carbocycles. The molecule has 0 aliphatic carbocycles. The summed E-state index contributed by atoms with van der Waals surface area (Å²) in [5, 5.41) is 0. The van der Waals surface area contributed by atoms with E-state index in [0.717, 1.165) is 5.56 Å². The fraction of sp³-hybridized carbons (Fsp3) is 0.429. The van der Waals surface area contributed by atoms with E-state index in [1.54, 1.807) is 0 Å². The summed E-state index contributed by atoms with van der Waals surface area (Å²) in [4.78, 5) is 23.5. The monoisotopic (exact) mass is 265 g/mol. The van der Waals surface area contributed by atoms with Crippen LogP contribution in [0.2, 0.25) is 0 Å². The lowest BCUT2D eigenvalue weighted by atomic mass is 9.86. The number of hydrogen-bond acceptors (Lipinski definition) is 5. The van der Waals surface area contributed by atoms with Crippen molar-refractivity contribution in [2.45, 2.75) is 6.42 Å². The highest BCUT2D eigenvalue weighted by molar-refractivity contribution is 5.82. The number of esters is 2. The van der Waals surface area contributed by atoms with Gasteiger partial charge in [0.1, 0.15) is 0 Å². The maximum Gasteiger partial charge on any atom is 0.310 e. The Hall–Kier alpha value is -1.88. The average Bonchev–Trinajstić information content (AvgIpc) is 2.46. The number of ether oxygens (including phenoxy) is 2. The largest absolute Gasteiger partial charge is 0.469 e. The Morgan fingerprint density at radius 1 is 1.05 bits per heavy atom. The number of benzene rings is 1. The third-order valence-corrected chi connectivity index (χ3v) is 3.05. The first-order valence-electron chi connectivity index (χ1n) is 6.03. The van der Waals surface area contributed by atoms with E-state index in [9.17, 15) is 9.59 Å². The summed E-state index contributed by atoms with van der Waals surface area (Å²) in [6.07, 6.45) is 0.393. The molecule has 1 rings (SSSR count). The maximum absolute atomic E-state index is 11.9. The fourth-order valence-corrected chi connectivity index (χ4v) is 1.99. The molecule has 19 heavy (non-hydrogen) atoms. The van der Waals surface area contributed by atoms with Gasteiger partial charge in [-0.1, -0.05) is 30.3 Å². The minimum atomic E-state index is -0.697. The molecule has 0 heterocycles. The molecule has 2 unspecified atom stereocenters. The molecule has 0 bridgehead atoms. The highest BCUT2D eigenvalue weighted by Gasteiger charge is 2.34. The van der Waals surface area contributed by atoms with E-state index in [1.807, 2.05) is 30.3 Å². The average molecular weight is 265 g/mol. The van der Waals surface area contributed by atoms with Crippen molar-refractivity contribution in [2.24, 2.45) is 17.6 Å². The highest BCUT2D eigenvalue weighted by Crippen LogP contribution is 2.20. The topological polar surface area (TPSA) is 78.6 Å². The van der Waals surface area contributed by atoms with Crippen molar-refractivity contribution in [1.29, 1.82) is 0 Å². The van der Waals surface area contributed by atoms with Gasteiger partial charge in [0.2, 0.25) is 0 Å². The second-order valence-corrected chi connectivity index (χ2v) is 4.18. The van der Waals surface area contributed by atoms with E-state index in [2.05, 4.69) is 4.74 Å². The zero-order valence-electron chi connectivity index (χ0n) is 11.2. The van der Waals surface area contributed by atoms with Crippen LogP contribution in [0.3, 0.4) is 0 Å². The standard InChI is InChI=1S/C14H19NO4/c1-18-13(16)11(12(9-15)14(17)19-2)8-10-6-4-3-5-7-10/h3-7,11-12H,8-9,15H2,1-2H3. The molecule has 2 N–H and O–H groups in total. The Labute approximate surface area is 112 Å². The van der Waals surface area contributed by atoms with Crippen LogP contribution < -0.4 is 5.73 Å². The van der Waals surface area contributed by atoms with Gasteiger partial charge in [-0.05, 0) is 12.0 Å². The second-order valence-electron chi connectivity index (χ2n) is 4.18. The molecule has 1 aromatic rings. The van der Waals surface area contributed by atoms with Crippen LogP contribution in [0.5, 0.6) is 0 Å². The van der Waals surface area contributed by atoms with Crippen LogP contribution in [0.4, 0.5) is 0 Å². The molecule has 5 nitrogen and oxygen atoms in total. The number of methoxy groups -OCH3 is 2. The minimum Gasteiger partial charge on any atom is -0.469 e. The Bertz CT molecular complexity index is 419. The minimum absolute atomic E-state index is 0.0409. The van der Waals surface area contributed by atoms with Gasteiger partial charge in [-0.2, -0.15) is 0 Å². The molecule has 1 aromatic carbocycles. The van der Waals surface area contributed by atoms with E-state index in [-0.39, 0.29) is 6.54 Å². The Morgan fingerprint density at radius 2 is 1.58 bits per heavy atom. The second kappa shape index (κ2) is 7.53. The van der Waals surface area contributed by atoms with Gasteiger partial charge in [0.25, 0.3) is 0 Å². The van der Waals surface area contributed by atoms with Crippen LogP contribution in [0.25, 0.3) is 0 Å². The molecule has 0 aromatic heterocycles. The van der Waals surface area contributed by atoms with Gasteiger partial charge >= 0.3 is 11.9 Å². The molecule has 0 aliphatic heterocycles. The summed E-state index contributed by atoms with van der Waals surface area (Å²) in [5.41, 5.74) is 6.53. The zero-order chi connectivity index (χ0) is 14.3. The summed E-state index contributed by atoms with van der Waals surface area (Å²) in [6, 6.07) is 9.41. The highest BCUT2D eigenvalue weighted by atomic mass is 16.5. The van der Waals surface area contributed by atoms with Crippen molar-refractivity contribution in [2.75, 3.05) is 20.8 Å². The lowest BCUT2D eigenvalue weighted by Gasteiger charge is -2.21. The number of nitrogens with two attached hydrogens (primary N) is 1. The first kappa shape index (κ1) is 15.2. The van der Waals surface area contributed by atoms with Crippen molar-refractivity contribution in [3.05, 3.63) is 35.9 Å². The molecule has 0 aliphatic rings. The molecular weight excluding hydrogens is 246 g/mol. The molecular formula is C14H19NO4. The van der Waals surface area contributed by atoms with Gasteiger partial charge < -0.3 is 15.2 Å². The normalized spacial score (nSPS) is 13.4. The van der Waals surface area contributed by atoms with E-state index in [0.29, 0.717) is 6.42 Å². The Morgan fingerprint density at radius 3 is 2.05 bits per heavy atom. The van der Waals surface area contributed by atoms with Crippen molar-refractivity contribution in [3.8, 4) is 0 Å². The third-order valence-electron chi connectivity index (χ3n) is 3.05. The maximum atomic E-state index is 11.9. The van der Waals surface area contributed by atoms with E-state index >= 15 is 0 Å². The smallest absolute Gasteiger partial charge is 0.310 e. The predicted octanol–water partition coefficient (Wildman–Crippen LogP) is 0.766. The Kier molecular flexibility index (Phi) is 6.02. The molecule has 0 spiro atoms. The Balaban J connectivity index is 2.94. The molecule has 2 atom stereocenters. The molecule has 104 valence electrons. The summed E-state index contributed by atoms with van der Waals surface area (Å²) < 4.78 is 9.45. The van der Waals surface area contributed by atoms with Crippen molar-refractivity contribution >= 4 is 11.9 Å². The van der Waals surface area contributed by atoms with Gasteiger partial charge in [-0.25, -0.2) is 0 Å². The third kappa shape index (κ3) is 4.06. The van der Waals surface area contributed by atoms with Crippen LogP contribution in [0.15, 0.2) is 30.3 Å². The molecule has 0 fully saturated rings. The van der Waals surface area contributed by atoms with Crippen molar-refractivity contribution < 1.29 is 19.1 Å². The number of hydrogen-bond donors (Lipinski definition) is 1. The van der Waals surface area contributed by atoms with E-state index in [4.69, 9.17) is 10.5 Å².